The molecule has 0 amide bonds. The summed E-state index contributed by atoms with van der Waals surface area (Å²) in [6.07, 6.45) is 0. The average Bonchev–Trinajstić information content (AvgIpc) is 2.80. The third-order valence-corrected chi connectivity index (χ3v) is 3.61. The Morgan fingerprint density at radius 3 is 2.69 bits per heavy atom. The van der Waals surface area contributed by atoms with Crippen LogP contribution in [0.1, 0.15) is 16.4 Å². The Morgan fingerprint density at radius 1 is 1.38 bits per heavy atom. The largest absolute Gasteiger partial charge is 0.313 e. The number of hydrogen-bond acceptors (Lipinski definition) is 5. The maximum atomic E-state index is 6.08. The molecule has 16 heavy (non-hydrogen) atoms. The van der Waals surface area contributed by atoms with Crippen LogP contribution in [0.3, 0.4) is 0 Å². The van der Waals surface area contributed by atoms with E-state index < -0.39 is 0 Å². The molecule has 0 fully saturated rings. The molecule has 0 spiro atoms. The van der Waals surface area contributed by atoms with Crippen molar-refractivity contribution in [3.63, 3.8) is 0 Å². The van der Waals surface area contributed by atoms with Crippen LogP contribution in [0.2, 0.25) is 5.02 Å². The molecular weight excluding hydrogens is 246 g/mol. The van der Waals surface area contributed by atoms with E-state index in [-0.39, 0.29) is 0 Å². The fourth-order valence-corrected chi connectivity index (χ4v) is 2.34. The zero-order chi connectivity index (χ0) is 11.7. The lowest BCUT2D eigenvalue weighted by Crippen LogP contribution is -2.04. The average molecular weight is 258 g/mol. The van der Waals surface area contributed by atoms with Gasteiger partial charge in [0.1, 0.15) is 5.01 Å². The van der Waals surface area contributed by atoms with Crippen molar-refractivity contribution in [2.24, 2.45) is 0 Å². The monoisotopic (exact) mass is 257 g/mol. The van der Waals surface area contributed by atoms with E-state index in [1.165, 1.54) is 11.3 Å². The number of nitrogens with one attached hydrogen (secondary N) is 1. The molecule has 0 unspecified atom stereocenters. The Kier molecular flexibility index (Phi) is 3.22. The second-order valence-corrected chi connectivity index (χ2v) is 4.82. The maximum Gasteiger partial charge on any atom is 0.233 e. The minimum Gasteiger partial charge on any atom is -0.313 e. The fourth-order valence-electron chi connectivity index (χ4n) is 1.36. The second kappa shape index (κ2) is 4.48. The summed E-state index contributed by atoms with van der Waals surface area (Å²) in [5, 5.41) is 17.9. The number of aryl methyl sites for hydroxylation is 1. The third kappa shape index (κ3) is 1.95. The van der Waals surface area contributed by atoms with Crippen LogP contribution in [0.15, 0.2) is 0 Å². The first-order valence-electron chi connectivity index (χ1n) is 4.82. The van der Waals surface area contributed by atoms with Crippen molar-refractivity contribution < 1.29 is 0 Å². The molecule has 2 rings (SSSR count). The number of halogens is 1. The van der Waals surface area contributed by atoms with Gasteiger partial charge >= 0.3 is 0 Å². The van der Waals surface area contributed by atoms with Crippen LogP contribution in [-0.4, -0.2) is 27.0 Å². The summed E-state index contributed by atoms with van der Waals surface area (Å²) < 4.78 is 1.73. The molecule has 5 nitrogen and oxygen atoms in total. The second-order valence-electron chi connectivity index (χ2n) is 3.41. The van der Waals surface area contributed by atoms with Gasteiger partial charge in [-0.1, -0.05) is 22.9 Å². The van der Waals surface area contributed by atoms with Gasteiger partial charge in [0.25, 0.3) is 0 Å². The maximum absolute atomic E-state index is 6.08. The number of aromatic nitrogens is 4. The van der Waals surface area contributed by atoms with Crippen LogP contribution < -0.4 is 5.32 Å². The lowest BCUT2D eigenvalue weighted by molar-refractivity contribution is 0.777. The molecule has 1 N–H and O–H groups in total. The molecule has 86 valence electrons. The summed E-state index contributed by atoms with van der Waals surface area (Å²) in [7, 11) is 1.88. The van der Waals surface area contributed by atoms with Crippen molar-refractivity contribution in [2.75, 3.05) is 7.05 Å². The molecule has 0 aliphatic heterocycles. The van der Waals surface area contributed by atoms with Crippen molar-refractivity contribution in [1.82, 2.24) is 25.3 Å². The molecule has 7 heteroatoms. The third-order valence-electron chi connectivity index (χ3n) is 2.17. The molecular formula is C9H12ClN5S. The summed E-state index contributed by atoms with van der Waals surface area (Å²) in [5.41, 5.74) is 1.70. The molecule has 0 aliphatic carbocycles. The summed E-state index contributed by atoms with van der Waals surface area (Å²) in [6, 6.07) is 0. The molecule has 0 atom stereocenters. The SMILES string of the molecule is CNCc1nnc(-n2nc(C)c(Cl)c2C)s1. The molecule has 2 aromatic rings. The minimum atomic E-state index is 0.686. The zero-order valence-electron chi connectivity index (χ0n) is 9.28. The van der Waals surface area contributed by atoms with Crippen molar-refractivity contribution in [3.8, 4) is 5.13 Å². The van der Waals surface area contributed by atoms with Gasteiger partial charge in [0.2, 0.25) is 5.13 Å². The highest BCUT2D eigenvalue weighted by atomic mass is 35.5. The van der Waals surface area contributed by atoms with Gasteiger partial charge in [0, 0.05) is 6.54 Å². The van der Waals surface area contributed by atoms with Crippen LogP contribution >= 0.6 is 22.9 Å². The molecule has 2 heterocycles. The topological polar surface area (TPSA) is 55.6 Å². The summed E-state index contributed by atoms with van der Waals surface area (Å²) in [4.78, 5) is 0. The minimum absolute atomic E-state index is 0.686. The van der Waals surface area contributed by atoms with Gasteiger partial charge in [-0.25, -0.2) is 4.68 Å². The standard InChI is InChI=1S/C9H12ClN5S/c1-5-8(10)6(2)15(14-5)9-13-12-7(16-9)4-11-3/h11H,4H2,1-3H3. The van der Waals surface area contributed by atoms with Crippen molar-refractivity contribution >= 4 is 22.9 Å². The van der Waals surface area contributed by atoms with Crippen LogP contribution in [0.4, 0.5) is 0 Å². The Bertz CT molecular complexity index is 504. The van der Waals surface area contributed by atoms with E-state index in [1.807, 2.05) is 20.9 Å². The number of hydrogen-bond donors (Lipinski definition) is 1. The van der Waals surface area contributed by atoms with Crippen LogP contribution in [0.25, 0.3) is 5.13 Å². The van der Waals surface area contributed by atoms with E-state index in [1.54, 1.807) is 4.68 Å². The molecule has 0 aromatic carbocycles. The van der Waals surface area contributed by atoms with Gasteiger partial charge in [-0.05, 0) is 20.9 Å². The van der Waals surface area contributed by atoms with Gasteiger partial charge in [0.05, 0.1) is 16.4 Å². The normalized spacial score (nSPS) is 11.0. The lowest BCUT2D eigenvalue weighted by Gasteiger charge is -1.96. The quantitative estimate of drug-likeness (QED) is 0.910. The molecule has 0 radical (unpaired) electrons. The predicted molar refractivity (Wildman–Crippen MR) is 64.3 cm³/mol. The lowest BCUT2D eigenvalue weighted by atomic mass is 10.4. The summed E-state index contributed by atoms with van der Waals surface area (Å²) >= 11 is 7.58. The van der Waals surface area contributed by atoms with E-state index in [4.69, 9.17) is 11.6 Å². The van der Waals surface area contributed by atoms with Crippen LogP contribution in [0.5, 0.6) is 0 Å². The number of rotatable bonds is 3. The Hall–Kier alpha value is -0.980. The first-order valence-corrected chi connectivity index (χ1v) is 6.02. The first-order chi connectivity index (χ1) is 7.63. The van der Waals surface area contributed by atoms with E-state index in [2.05, 4.69) is 20.6 Å². The zero-order valence-corrected chi connectivity index (χ0v) is 10.9. The van der Waals surface area contributed by atoms with Gasteiger partial charge in [-0.15, -0.1) is 10.2 Å². The Labute approximate surface area is 102 Å². The molecule has 0 bridgehead atoms. The molecule has 0 aliphatic rings. The first kappa shape index (κ1) is 11.5. The van der Waals surface area contributed by atoms with Crippen molar-refractivity contribution in [1.29, 1.82) is 0 Å². The highest BCUT2D eigenvalue weighted by molar-refractivity contribution is 7.13. The summed E-state index contributed by atoms with van der Waals surface area (Å²) in [5.74, 6) is 0. The molecule has 2 aromatic heterocycles. The van der Waals surface area contributed by atoms with Crippen molar-refractivity contribution in [2.45, 2.75) is 20.4 Å². The van der Waals surface area contributed by atoms with Gasteiger partial charge in [-0.3, -0.25) is 0 Å². The van der Waals surface area contributed by atoms with Crippen molar-refractivity contribution in [3.05, 3.63) is 21.4 Å². The van der Waals surface area contributed by atoms with Gasteiger partial charge in [-0.2, -0.15) is 5.10 Å². The van der Waals surface area contributed by atoms with Gasteiger partial charge in [0.15, 0.2) is 0 Å². The smallest absolute Gasteiger partial charge is 0.233 e. The predicted octanol–water partition coefficient (Wildman–Crippen LogP) is 1.71. The van der Waals surface area contributed by atoms with Crippen LogP contribution in [-0.2, 0) is 6.54 Å². The van der Waals surface area contributed by atoms with Crippen LogP contribution in [0, 0.1) is 13.8 Å². The van der Waals surface area contributed by atoms with E-state index >= 15 is 0 Å². The number of nitrogens with zero attached hydrogens (tertiary/aromatic N) is 4. The molecule has 0 saturated heterocycles. The highest BCUT2D eigenvalue weighted by Crippen LogP contribution is 2.23. The Morgan fingerprint density at radius 2 is 2.12 bits per heavy atom. The molecule has 0 saturated carbocycles. The van der Waals surface area contributed by atoms with E-state index in [9.17, 15) is 0 Å². The summed E-state index contributed by atoms with van der Waals surface area (Å²) in [6.45, 7) is 4.51. The van der Waals surface area contributed by atoms with E-state index in [0.29, 0.717) is 11.6 Å². The highest BCUT2D eigenvalue weighted by Gasteiger charge is 2.14. The van der Waals surface area contributed by atoms with Gasteiger partial charge < -0.3 is 5.32 Å². The fraction of sp³-hybridized carbons (Fsp3) is 0.444. The Balaban J connectivity index is 2.38. The van der Waals surface area contributed by atoms with E-state index in [0.717, 1.165) is 21.5 Å².